The van der Waals surface area contributed by atoms with Crippen LogP contribution >= 0.6 is 11.6 Å². The van der Waals surface area contributed by atoms with Gasteiger partial charge >= 0.3 is 0 Å². The first-order chi connectivity index (χ1) is 10.9. The molecule has 1 aromatic heterocycles. The van der Waals surface area contributed by atoms with Gasteiger partial charge in [0.2, 0.25) is 10.0 Å². The highest BCUT2D eigenvalue weighted by atomic mass is 35.5. The average molecular weight is 348 g/mol. The van der Waals surface area contributed by atoms with Crippen LogP contribution in [-0.4, -0.2) is 24.2 Å². The van der Waals surface area contributed by atoms with E-state index in [-0.39, 0.29) is 0 Å². The van der Waals surface area contributed by atoms with Crippen LogP contribution in [0.5, 0.6) is 0 Å². The lowest BCUT2D eigenvalue weighted by Gasteiger charge is -2.10. The first kappa shape index (κ1) is 15.6. The summed E-state index contributed by atoms with van der Waals surface area (Å²) in [5.74, 6) is 0.726. The highest BCUT2D eigenvalue weighted by Gasteiger charge is 2.09. The van der Waals surface area contributed by atoms with Crippen LogP contribution in [0.15, 0.2) is 60.9 Å². The van der Waals surface area contributed by atoms with Gasteiger partial charge < -0.3 is 0 Å². The Kier molecular flexibility index (Phi) is 4.11. The van der Waals surface area contributed by atoms with Crippen molar-refractivity contribution < 1.29 is 8.42 Å². The summed E-state index contributed by atoms with van der Waals surface area (Å²) in [7, 11) is -3.32. The van der Waals surface area contributed by atoms with E-state index in [0.717, 1.165) is 23.3 Å². The molecule has 0 saturated carbocycles. The van der Waals surface area contributed by atoms with Gasteiger partial charge in [-0.3, -0.25) is 9.29 Å². The Morgan fingerprint density at radius 2 is 1.91 bits per heavy atom. The third kappa shape index (κ3) is 3.72. The summed E-state index contributed by atoms with van der Waals surface area (Å²) in [5.41, 5.74) is 2.17. The predicted molar refractivity (Wildman–Crippen MR) is 92.5 cm³/mol. The second kappa shape index (κ2) is 6.06. The maximum absolute atomic E-state index is 11.4. The fourth-order valence-corrected chi connectivity index (χ4v) is 3.03. The number of nitrogens with one attached hydrogen (secondary N) is 1. The van der Waals surface area contributed by atoms with Crippen LogP contribution in [0.4, 0.5) is 5.69 Å². The van der Waals surface area contributed by atoms with E-state index < -0.39 is 10.0 Å². The van der Waals surface area contributed by atoms with Gasteiger partial charge in [-0.1, -0.05) is 29.8 Å². The maximum atomic E-state index is 11.4. The molecule has 0 unspecified atom stereocenters. The highest BCUT2D eigenvalue weighted by molar-refractivity contribution is 7.92. The van der Waals surface area contributed by atoms with Crippen molar-refractivity contribution in [1.29, 1.82) is 0 Å². The lowest BCUT2D eigenvalue weighted by Crippen LogP contribution is -2.09. The third-order valence-electron chi connectivity index (χ3n) is 3.15. The molecule has 7 heteroatoms. The number of anilines is 1. The van der Waals surface area contributed by atoms with Crippen LogP contribution in [0, 0.1) is 0 Å². The predicted octanol–water partition coefficient (Wildman–Crippen LogP) is 3.56. The number of halogens is 1. The zero-order chi connectivity index (χ0) is 16.4. The number of nitrogens with zero attached hydrogens (tertiary/aromatic N) is 2. The van der Waals surface area contributed by atoms with Crippen molar-refractivity contribution in [3.8, 4) is 17.1 Å². The van der Waals surface area contributed by atoms with Gasteiger partial charge in [-0.25, -0.2) is 13.4 Å². The summed E-state index contributed by atoms with van der Waals surface area (Å²) in [6.45, 7) is 0. The highest BCUT2D eigenvalue weighted by Crippen LogP contribution is 2.25. The van der Waals surface area contributed by atoms with E-state index in [1.54, 1.807) is 30.5 Å². The van der Waals surface area contributed by atoms with Crippen molar-refractivity contribution >= 4 is 27.3 Å². The fraction of sp³-hybridized carbons (Fsp3) is 0.0625. The van der Waals surface area contributed by atoms with Crippen molar-refractivity contribution in [3.63, 3.8) is 0 Å². The van der Waals surface area contributed by atoms with E-state index in [9.17, 15) is 8.42 Å². The van der Waals surface area contributed by atoms with Gasteiger partial charge in [0.25, 0.3) is 0 Å². The summed E-state index contributed by atoms with van der Waals surface area (Å²) in [5, 5.41) is 0.629. The Hall–Kier alpha value is -2.31. The molecule has 0 amide bonds. The van der Waals surface area contributed by atoms with Crippen molar-refractivity contribution in [2.75, 3.05) is 11.0 Å². The normalized spacial score (nSPS) is 11.4. The lowest BCUT2D eigenvalue weighted by atomic mass is 10.2. The maximum Gasteiger partial charge on any atom is 0.229 e. The van der Waals surface area contributed by atoms with E-state index in [0.29, 0.717) is 10.7 Å². The fourth-order valence-electron chi connectivity index (χ4n) is 2.29. The molecule has 0 bridgehead atoms. The Bertz CT molecular complexity index is 951. The molecule has 0 fully saturated rings. The molecule has 23 heavy (non-hydrogen) atoms. The third-order valence-corrected chi connectivity index (χ3v) is 3.99. The molecule has 3 rings (SSSR count). The molecule has 118 valence electrons. The molecular formula is C16H14ClN3O2S. The van der Waals surface area contributed by atoms with Crippen molar-refractivity contribution in [1.82, 2.24) is 9.55 Å². The number of aromatic nitrogens is 2. The summed E-state index contributed by atoms with van der Waals surface area (Å²) in [4.78, 5) is 4.37. The second-order valence-corrected chi connectivity index (χ2v) is 7.24. The first-order valence-electron chi connectivity index (χ1n) is 6.80. The van der Waals surface area contributed by atoms with Crippen molar-refractivity contribution in [2.24, 2.45) is 0 Å². The van der Waals surface area contributed by atoms with Crippen LogP contribution in [0.25, 0.3) is 17.1 Å². The van der Waals surface area contributed by atoms with E-state index in [1.807, 2.05) is 35.0 Å². The molecule has 0 atom stereocenters. The Labute approximate surface area is 139 Å². The monoisotopic (exact) mass is 347 g/mol. The van der Waals surface area contributed by atoms with Crippen LogP contribution in [0.3, 0.4) is 0 Å². The van der Waals surface area contributed by atoms with E-state index in [1.165, 1.54) is 0 Å². The van der Waals surface area contributed by atoms with Crippen LogP contribution in [0.1, 0.15) is 0 Å². The minimum atomic E-state index is -3.32. The van der Waals surface area contributed by atoms with Gasteiger partial charge in [0.15, 0.2) is 0 Å². The molecular weight excluding hydrogens is 334 g/mol. The molecule has 3 aromatic rings. The van der Waals surface area contributed by atoms with Gasteiger partial charge in [0.1, 0.15) is 5.82 Å². The van der Waals surface area contributed by atoms with E-state index in [4.69, 9.17) is 11.6 Å². The summed E-state index contributed by atoms with van der Waals surface area (Å²) in [6, 6.07) is 14.5. The Balaban J connectivity index is 2.04. The molecule has 1 heterocycles. The minimum Gasteiger partial charge on any atom is -0.300 e. The largest absolute Gasteiger partial charge is 0.300 e. The Morgan fingerprint density at radius 1 is 1.13 bits per heavy atom. The van der Waals surface area contributed by atoms with E-state index >= 15 is 0 Å². The smallest absolute Gasteiger partial charge is 0.229 e. The standard InChI is InChI=1S/C16H14ClN3O2S/c1-23(21,22)19-14-6-3-7-15(11-14)20-9-8-18-16(20)12-4-2-5-13(17)10-12/h2-11,19H,1H3. The van der Waals surface area contributed by atoms with Gasteiger partial charge in [-0.2, -0.15) is 0 Å². The molecule has 0 aliphatic rings. The number of imidazole rings is 1. The lowest BCUT2D eigenvalue weighted by molar-refractivity contribution is 0.607. The SMILES string of the molecule is CS(=O)(=O)Nc1cccc(-n2ccnc2-c2cccc(Cl)c2)c1. The number of rotatable bonds is 4. The average Bonchev–Trinajstić information content (AvgIpc) is 2.95. The number of sulfonamides is 1. The van der Waals surface area contributed by atoms with Crippen molar-refractivity contribution in [3.05, 3.63) is 65.9 Å². The second-order valence-electron chi connectivity index (χ2n) is 5.06. The first-order valence-corrected chi connectivity index (χ1v) is 9.07. The van der Waals surface area contributed by atoms with Gasteiger partial charge in [-0.15, -0.1) is 0 Å². The molecule has 5 nitrogen and oxygen atoms in total. The number of hydrogen-bond donors (Lipinski definition) is 1. The summed E-state index contributed by atoms with van der Waals surface area (Å²) >= 11 is 6.04. The topological polar surface area (TPSA) is 64.0 Å². The molecule has 2 aromatic carbocycles. The summed E-state index contributed by atoms with van der Waals surface area (Å²) in [6.07, 6.45) is 4.62. The number of benzene rings is 2. The minimum absolute atomic E-state index is 0.496. The van der Waals surface area contributed by atoms with Gasteiger partial charge in [0.05, 0.1) is 11.9 Å². The van der Waals surface area contributed by atoms with Crippen LogP contribution in [0.2, 0.25) is 5.02 Å². The molecule has 0 aliphatic carbocycles. The molecule has 1 N–H and O–H groups in total. The van der Waals surface area contributed by atoms with Gasteiger partial charge in [-0.05, 0) is 30.3 Å². The zero-order valence-electron chi connectivity index (χ0n) is 12.3. The molecule has 0 radical (unpaired) electrons. The zero-order valence-corrected chi connectivity index (χ0v) is 13.8. The molecule has 0 spiro atoms. The number of hydrogen-bond acceptors (Lipinski definition) is 3. The molecule has 0 aliphatic heterocycles. The van der Waals surface area contributed by atoms with Crippen LogP contribution < -0.4 is 4.72 Å². The van der Waals surface area contributed by atoms with Gasteiger partial charge in [0, 0.05) is 28.7 Å². The summed E-state index contributed by atoms with van der Waals surface area (Å²) < 4.78 is 27.1. The van der Waals surface area contributed by atoms with Crippen LogP contribution in [-0.2, 0) is 10.0 Å². The Morgan fingerprint density at radius 3 is 2.65 bits per heavy atom. The quantitative estimate of drug-likeness (QED) is 0.784. The van der Waals surface area contributed by atoms with E-state index in [2.05, 4.69) is 9.71 Å². The molecule has 0 saturated heterocycles. The van der Waals surface area contributed by atoms with Crippen molar-refractivity contribution in [2.45, 2.75) is 0 Å².